The second-order valence-electron chi connectivity index (χ2n) is 8.85. The van der Waals surface area contributed by atoms with Crippen LogP contribution < -0.4 is 5.32 Å². The molecular weight excluding hydrogens is 374 g/mol. The van der Waals surface area contributed by atoms with Crippen LogP contribution in [0.4, 0.5) is 0 Å². The second kappa shape index (κ2) is 7.98. The van der Waals surface area contributed by atoms with Crippen LogP contribution in [0.2, 0.25) is 5.02 Å². The van der Waals surface area contributed by atoms with Crippen molar-refractivity contribution in [3.8, 4) is 0 Å². The molecule has 2 aromatic carbocycles. The molecule has 1 aliphatic rings. The van der Waals surface area contributed by atoms with Gasteiger partial charge >= 0.3 is 0 Å². The highest BCUT2D eigenvalue weighted by atomic mass is 35.5. The fraction of sp³-hybridized carbons (Fsp3) is 0.435. The van der Waals surface area contributed by atoms with E-state index in [4.69, 9.17) is 11.6 Å². The third-order valence-electron chi connectivity index (χ3n) is 4.97. The molecule has 3 rings (SSSR count). The Bertz CT molecular complexity index is 800. The number of rotatable bonds is 5. The number of carbonyl (C=O) groups excluding carboxylic acids is 1. The van der Waals surface area contributed by atoms with Gasteiger partial charge in [0, 0.05) is 32.9 Å². The summed E-state index contributed by atoms with van der Waals surface area (Å²) in [6.07, 6.45) is 2.60. The largest absolute Gasteiger partial charge is 0.307 e. The van der Waals surface area contributed by atoms with Gasteiger partial charge in [-0.1, -0.05) is 47.6 Å². The maximum Gasteiger partial charge on any atom is 0.163 e. The zero-order chi connectivity index (χ0) is 19.7. The van der Waals surface area contributed by atoms with Crippen molar-refractivity contribution >= 4 is 29.1 Å². The zero-order valence-electron chi connectivity index (χ0n) is 16.5. The zero-order valence-corrected chi connectivity index (χ0v) is 18.1. The van der Waals surface area contributed by atoms with Crippen LogP contribution in [0.25, 0.3) is 0 Å². The molecule has 144 valence electrons. The summed E-state index contributed by atoms with van der Waals surface area (Å²) in [4.78, 5) is 15.0. The van der Waals surface area contributed by atoms with Crippen LogP contribution in [-0.4, -0.2) is 16.9 Å². The molecule has 0 spiro atoms. The summed E-state index contributed by atoms with van der Waals surface area (Å²) >= 11 is 8.09. The first-order valence-corrected chi connectivity index (χ1v) is 10.7. The van der Waals surface area contributed by atoms with Crippen LogP contribution in [0, 0.1) is 5.92 Å². The molecule has 1 saturated heterocycles. The highest BCUT2D eigenvalue weighted by Gasteiger charge is 2.38. The van der Waals surface area contributed by atoms with E-state index >= 15 is 0 Å². The molecule has 1 fully saturated rings. The predicted molar refractivity (Wildman–Crippen MR) is 115 cm³/mol. The lowest BCUT2D eigenvalue weighted by Gasteiger charge is -2.46. The van der Waals surface area contributed by atoms with Crippen LogP contribution in [-0.2, 0) is 0 Å². The quantitative estimate of drug-likeness (QED) is 0.570. The molecule has 0 radical (unpaired) electrons. The molecule has 0 bridgehead atoms. The first-order valence-electron chi connectivity index (χ1n) is 9.49. The lowest BCUT2D eigenvalue weighted by Crippen LogP contribution is -2.57. The van der Waals surface area contributed by atoms with Crippen LogP contribution in [0.5, 0.6) is 0 Å². The molecule has 0 unspecified atom stereocenters. The SMILES string of the molecule is CC1(C)CC(CC(=O)c2ccc(Sc3ccccc3)c(Cl)c2)CC(C)(C)N1. The summed E-state index contributed by atoms with van der Waals surface area (Å²) in [5, 5.41) is 4.32. The molecule has 4 heteroatoms. The monoisotopic (exact) mass is 401 g/mol. The van der Waals surface area contributed by atoms with E-state index in [1.807, 2.05) is 36.4 Å². The summed E-state index contributed by atoms with van der Waals surface area (Å²) in [6.45, 7) is 8.88. The van der Waals surface area contributed by atoms with Crippen molar-refractivity contribution in [1.82, 2.24) is 5.32 Å². The van der Waals surface area contributed by atoms with Crippen LogP contribution in [0.3, 0.4) is 0 Å². The molecule has 0 saturated carbocycles. The van der Waals surface area contributed by atoms with E-state index in [0.29, 0.717) is 22.9 Å². The van der Waals surface area contributed by atoms with Gasteiger partial charge in [0.1, 0.15) is 0 Å². The molecule has 2 nitrogen and oxygen atoms in total. The van der Waals surface area contributed by atoms with Gasteiger partial charge in [-0.2, -0.15) is 0 Å². The smallest absolute Gasteiger partial charge is 0.163 e. The van der Waals surface area contributed by atoms with E-state index in [1.54, 1.807) is 11.8 Å². The number of nitrogens with one attached hydrogen (secondary N) is 1. The number of Topliss-reactive ketones (excluding diaryl/α,β-unsaturated/α-hetero) is 1. The fourth-order valence-corrected chi connectivity index (χ4v) is 5.57. The summed E-state index contributed by atoms with van der Waals surface area (Å²) in [7, 11) is 0. The van der Waals surface area contributed by atoms with E-state index in [1.165, 1.54) is 0 Å². The summed E-state index contributed by atoms with van der Waals surface area (Å²) in [5.41, 5.74) is 0.827. The van der Waals surface area contributed by atoms with Crippen molar-refractivity contribution in [2.75, 3.05) is 0 Å². The Balaban J connectivity index is 1.69. The number of hydrogen-bond donors (Lipinski definition) is 1. The Morgan fingerprint density at radius 2 is 1.70 bits per heavy atom. The number of piperidine rings is 1. The molecule has 0 aliphatic carbocycles. The third-order valence-corrected chi connectivity index (χ3v) is 6.48. The minimum Gasteiger partial charge on any atom is -0.307 e. The van der Waals surface area contributed by atoms with Gasteiger partial charge in [0.25, 0.3) is 0 Å². The van der Waals surface area contributed by atoms with Gasteiger partial charge in [0.2, 0.25) is 0 Å². The van der Waals surface area contributed by atoms with E-state index in [9.17, 15) is 4.79 Å². The van der Waals surface area contributed by atoms with Crippen molar-refractivity contribution in [1.29, 1.82) is 0 Å². The molecule has 0 amide bonds. The molecule has 1 N–H and O–H groups in total. The third kappa shape index (κ3) is 5.60. The maximum atomic E-state index is 12.9. The van der Waals surface area contributed by atoms with Crippen LogP contribution >= 0.6 is 23.4 Å². The predicted octanol–water partition coefficient (Wildman–Crippen LogP) is 6.62. The number of halogens is 1. The Morgan fingerprint density at radius 3 is 2.30 bits per heavy atom. The molecule has 0 atom stereocenters. The molecule has 1 heterocycles. The molecule has 2 aromatic rings. The minimum absolute atomic E-state index is 0.0561. The molecule has 1 aliphatic heterocycles. The standard InChI is InChI=1S/C23H28ClNOS/c1-22(2)14-16(15-23(3,4)25-22)12-20(26)17-10-11-21(19(24)13-17)27-18-8-6-5-7-9-18/h5-11,13,16,25H,12,14-15H2,1-4H3. The van der Waals surface area contributed by atoms with Gasteiger partial charge in [-0.25, -0.2) is 0 Å². The van der Waals surface area contributed by atoms with Gasteiger partial charge in [0.05, 0.1) is 5.02 Å². The highest BCUT2D eigenvalue weighted by Crippen LogP contribution is 2.37. The first-order chi connectivity index (χ1) is 12.6. The Hall–Kier alpha value is -1.29. The van der Waals surface area contributed by atoms with Crippen molar-refractivity contribution < 1.29 is 4.79 Å². The Labute approximate surface area is 172 Å². The van der Waals surface area contributed by atoms with Crippen LogP contribution in [0.15, 0.2) is 58.3 Å². The summed E-state index contributed by atoms with van der Waals surface area (Å²) in [5.74, 6) is 0.576. The second-order valence-corrected chi connectivity index (χ2v) is 10.4. The van der Waals surface area contributed by atoms with Crippen molar-refractivity contribution in [2.45, 2.75) is 67.8 Å². The van der Waals surface area contributed by atoms with E-state index in [-0.39, 0.29) is 16.9 Å². The van der Waals surface area contributed by atoms with E-state index < -0.39 is 0 Å². The maximum absolute atomic E-state index is 12.9. The lowest BCUT2D eigenvalue weighted by molar-refractivity contribution is 0.0864. The van der Waals surface area contributed by atoms with Gasteiger partial charge in [-0.05, 0) is 70.7 Å². The summed E-state index contributed by atoms with van der Waals surface area (Å²) in [6, 6.07) is 15.8. The van der Waals surface area contributed by atoms with Crippen molar-refractivity contribution in [3.05, 3.63) is 59.1 Å². The number of carbonyl (C=O) groups is 1. The number of ketones is 1. The van der Waals surface area contributed by atoms with Crippen molar-refractivity contribution in [3.63, 3.8) is 0 Å². The first kappa shape index (κ1) is 20.4. The van der Waals surface area contributed by atoms with E-state index in [2.05, 4.69) is 45.1 Å². The Kier molecular flexibility index (Phi) is 6.05. The average molecular weight is 402 g/mol. The average Bonchev–Trinajstić information content (AvgIpc) is 2.54. The van der Waals surface area contributed by atoms with E-state index in [0.717, 1.165) is 22.6 Å². The minimum atomic E-state index is 0.0561. The Morgan fingerprint density at radius 1 is 1.07 bits per heavy atom. The lowest BCUT2D eigenvalue weighted by atomic mass is 9.74. The topological polar surface area (TPSA) is 29.1 Å². The summed E-state index contributed by atoms with van der Waals surface area (Å²) < 4.78 is 0. The fourth-order valence-electron chi connectivity index (χ4n) is 4.43. The molecule has 27 heavy (non-hydrogen) atoms. The van der Waals surface area contributed by atoms with Gasteiger partial charge in [-0.15, -0.1) is 0 Å². The van der Waals surface area contributed by atoms with Crippen LogP contribution in [0.1, 0.15) is 57.3 Å². The molecular formula is C23H28ClNOS. The normalized spacial score (nSPS) is 19.0. The highest BCUT2D eigenvalue weighted by molar-refractivity contribution is 7.99. The van der Waals surface area contributed by atoms with Gasteiger partial charge in [0.15, 0.2) is 5.78 Å². The van der Waals surface area contributed by atoms with Gasteiger partial charge < -0.3 is 5.32 Å². The number of hydrogen-bond acceptors (Lipinski definition) is 3. The molecule has 0 aromatic heterocycles. The van der Waals surface area contributed by atoms with Gasteiger partial charge in [-0.3, -0.25) is 4.79 Å². The number of benzene rings is 2. The van der Waals surface area contributed by atoms with Crippen molar-refractivity contribution in [2.24, 2.45) is 5.92 Å².